The molecule has 1 aromatic carbocycles. The fourth-order valence-electron chi connectivity index (χ4n) is 2.38. The van der Waals surface area contributed by atoms with Crippen molar-refractivity contribution in [1.29, 1.82) is 0 Å². The summed E-state index contributed by atoms with van der Waals surface area (Å²) < 4.78 is 5.11. The Hall–Kier alpha value is -1.35. The van der Waals surface area contributed by atoms with E-state index in [9.17, 15) is 4.79 Å². The summed E-state index contributed by atoms with van der Waals surface area (Å²) in [5.74, 6) is -0.0476. The molecule has 0 spiro atoms. The van der Waals surface area contributed by atoms with E-state index >= 15 is 0 Å². The molecule has 0 saturated carbocycles. The van der Waals surface area contributed by atoms with Gasteiger partial charge in [0.1, 0.15) is 0 Å². The molecule has 1 saturated heterocycles. The molecule has 92 valence electrons. The van der Waals surface area contributed by atoms with Crippen molar-refractivity contribution in [3.05, 3.63) is 35.9 Å². The third kappa shape index (κ3) is 3.07. The minimum Gasteiger partial charge on any atom is -0.466 e. The van der Waals surface area contributed by atoms with Crippen molar-refractivity contribution in [2.24, 2.45) is 5.92 Å². The summed E-state index contributed by atoms with van der Waals surface area (Å²) in [7, 11) is 0. The van der Waals surface area contributed by atoms with Crippen molar-refractivity contribution in [1.82, 2.24) is 5.32 Å². The van der Waals surface area contributed by atoms with Gasteiger partial charge in [-0.2, -0.15) is 0 Å². The van der Waals surface area contributed by atoms with E-state index in [1.54, 1.807) is 0 Å². The van der Waals surface area contributed by atoms with Crippen LogP contribution in [0.4, 0.5) is 0 Å². The molecule has 3 nitrogen and oxygen atoms in total. The molecule has 17 heavy (non-hydrogen) atoms. The van der Waals surface area contributed by atoms with Crippen LogP contribution in [0.1, 0.15) is 18.9 Å². The average Bonchev–Trinajstić information content (AvgIpc) is 2.79. The van der Waals surface area contributed by atoms with Crippen molar-refractivity contribution in [2.45, 2.75) is 25.8 Å². The zero-order valence-electron chi connectivity index (χ0n) is 10.2. The van der Waals surface area contributed by atoms with Crippen LogP contribution in [-0.4, -0.2) is 25.2 Å². The Morgan fingerprint density at radius 3 is 2.88 bits per heavy atom. The van der Waals surface area contributed by atoms with Crippen LogP contribution in [0, 0.1) is 5.92 Å². The molecule has 0 aliphatic carbocycles. The summed E-state index contributed by atoms with van der Waals surface area (Å²) in [6, 6.07) is 10.5. The van der Waals surface area contributed by atoms with Crippen LogP contribution < -0.4 is 5.32 Å². The second-order valence-corrected chi connectivity index (χ2v) is 4.40. The number of ether oxygens (including phenoxy) is 1. The van der Waals surface area contributed by atoms with Crippen LogP contribution in [0.15, 0.2) is 30.3 Å². The molecule has 3 heteroatoms. The average molecular weight is 233 g/mol. The van der Waals surface area contributed by atoms with E-state index in [1.807, 2.05) is 25.1 Å². The molecule has 0 unspecified atom stereocenters. The number of hydrogen-bond acceptors (Lipinski definition) is 3. The van der Waals surface area contributed by atoms with Gasteiger partial charge in [0.05, 0.1) is 12.5 Å². The minimum absolute atomic E-state index is 0.00940. The Morgan fingerprint density at radius 1 is 1.41 bits per heavy atom. The van der Waals surface area contributed by atoms with E-state index < -0.39 is 0 Å². The van der Waals surface area contributed by atoms with E-state index in [4.69, 9.17) is 4.74 Å². The first-order chi connectivity index (χ1) is 8.31. The SMILES string of the molecule is CCOC(=O)[C@H]1CCN[C@H]1Cc1ccccc1. The zero-order valence-corrected chi connectivity index (χ0v) is 10.2. The van der Waals surface area contributed by atoms with Crippen LogP contribution in [0.3, 0.4) is 0 Å². The summed E-state index contributed by atoms with van der Waals surface area (Å²) >= 11 is 0. The van der Waals surface area contributed by atoms with Gasteiger partial charge >= 0.3 is 5.97 Å². The number of carbonyl (C=O) groups is 1. The lowest BCUT2D eigenvalue weighted by Crippen LogP contribution is -2.34. The van der Waals surface area contributed by atoms with Gasteiger partial charge < -0.3 is 10.1 Å². The van der Waals surface area contributed by atoms with E-state index in [-0.39, 0.29) is 17.9 Å². The normalized spacial score (nSPS) is 23.6. The first kappa shape index (κ1) is 12.1. The first-order valence-electron chi connectivity index (χ1n) is 6.25. The highest BCUT2D eigenvalue weighted by Crippen LogP contribution is 2.20. The van der Waals surface area contributed by atoms with E-state index in [0.717, 1.165) is 19.4 Å². The molecule has 2 atom stereocenters. The maximum atomic E-state index is 11.8. The Morgan fingerprint density at radius 2 is 2.18 bits per heavy atom. The molecule has 1 aliphatic rings. The lowest BCUT2D eigenvalue weighted by Gasteiger charge is -2.18. The Bertz CT molecular complexity index is 364. The first-order valence-corrected chi connectivity index (χ1v) is 6.25. The summed E-state index contributed by atoms with van der Waals surface area (Å²) in [5.41, 5.74) is 1.26. The highest BCUT2D eigenvalue weighted by atomic mass is 16.5. The summed E-state index contributed by atoms with van der Waals surface area (Å²) in [4.78, 5) is 11.8. The number of nitrogens with one attached hydrogen (secondary N) is 1. The molecule has 1 N–H and O–H groups in total. The fourth-order valence-corrected chi connectivity index (χ4v) is 2.38. The Labute approximate surface area is 102 Å². The van der Waals surface area contributed by atoms with Gasteiger partial charge in [0.2, 0.25) is 0 Å². The van der Waals surface area contributed by atoms with E-state index in [2.05, 4.69) is 17.4 Å². The van der Waals surface area contributed by atoms with Gasteiger partial charge in [-0.1, -0.05) is 30.3 Å². The predicted molar refractivity (Wildman–Crippen MR) is 66.7 cm³/mol. The molecule has 1 aliphatic heterocycles. The Kier molecular flexibility index (Phi) is 4.15. The summed E-state index contributed by atoms with van der Waals surface area (Å²) in [6.45, 7) is 3.22. The van der Waals surface area contributed by atoms with Crippen LogP contribution in [-0.2, 0) is 16.0 Å². The van der Waals surface area contributed by atoms with Gasteiger partial charge in [-0.05, 0) is 31.9 Å². The number of hydrogen-bond donors (Lipinski definition) is 1. The number of esters is 1. The minimum atomic E-state index is -0.0570. The van der Waals surface area contributed by atoms with Crippen LogP contribution in [0.25, 0.3) is 0 Å². The van der Waals surface area contributed by atoms with Gasteiger partial charge in [0, 0.05) is 6.04 Å². The molecule has 1 aromatic rings. The fraction of sp³-hybridized carbons (Fsp3) is 0.500. The summed E-state index contributed by atoms with van der Waals surface area (Å²) in [5, 5.41) is 3.39. The van der Waals surface area contributed by atoms with E-state index in [1.165, 1.54) is 5.56 Å². The van der Waals surface area contributed by atoms with E-state index in [0.29, 0.717) is 6.61 Å². The molecular weight excluding hydrogens is 214 g/mol. The maximum Gasteiger partial charge on any atom is 0.310 e. The quantitative estimate of drug-likeness (QED) is 0.805. The molecule has 0 bridgehead atoms. The smallest absolute Gasteiger partial charge is 0.310 e. The van der Waals surface area contributed by atoms with Crippen molar-refractivity contribution in [3.63, 3.8) is 0 Å². The monoisotopic (exact) mass is 233 g/mol. The highest BCUT2D eigenvalue weighted by molar-refractivity contribution is 5.73. The summed E-state index contributed by atoms with van der Waals surface area (Å²) in [6.07, 6.45) is 1.78. The van der Waals surface area contributed by atoms with Gasteiger partial charge in [-0.15, -0.1) is 0 Å². The maximum absolute atomic E-state index is 11.8. The second-order valence-electron chi connectivity index (χ2n) is 4.40. The molecule has 0 amide bonds. The molecule has 0 radical (unpaired) electrons. The van der Waals surface area contributed by atoms with Crippen molar-refractivity contribution < 1.29 is 9.53 Å². The Balaban J connectivity index is 1.98. The largest absolute Gasteiger partial charge is 0.466 e. The molecule has 1 fully saturated rings. The van der Waals surface area contributed by atoms with Gasteiger partial charge in [-0.25, -0.2) is 0 Å². The lowest BCUT2D eigenvalue weighted by atomic mass is 9.95. The van der Waals surface area contributed by atoms with Crippen molar-refractivity contribution >= 4 is 5.97 Å². The van der Waals surface area contributed by atoms with Gasteiger partial charge in [0.15, 0.2) is 0 Å². The third-order valence-electron chi connectivity index (χ3n) is 3.24. The van der Waals surface area contributed by atoms with Crippen LogP contribution in [0.5, 0.6) is 0 Å². The van der Waals surface area contributed by atoms with Crippen LogP contribution >= 0.6 is 0 Å². The van der Waals surface area contributed by atoms with Crippen molar-refractivity contribution in [3.8, 4) is 0 Å². The highest BCUT2D eigenvalue weighted by Gasteiger charge is 2.33. The zero-order chi connectivity index (χ0) is 12.1. The standard InChI is InChI=1S/C14H19NO2/c1-2-17-14(16)12-8-9-15-13(12)10-11-6-4-3-5-7-11/h3-7,12-13,15H,2,8-10H2,1H3/t12-,13-/m0/s1. The number of rotatable bonds is 4. The van der Waals surface area contributed by atoms with Crippen LogP contribution in [0.2, 0.25) is 0 Å². The number of carbonyl (C=O) groups excluding carboxylic acids is 1. The second kappa shape index (κ2) is 5.82. The predicted octanol–water partition coefficient (Wildman–Crippen LogP) is 1.77. The lowest BCUT2D eigenvalue weighted by molar-refractivity contribution is -0.148. The topological polar surface area (TPSA) is 38.3 Å². The van der Waals surface area contributed by atoms with Gasteiger partial charge in [0.25, 0.3) is 0 Å². The third-order valence-corrected chi connectivity index (χ3v) is 3.24. The van der Waals surface area contributed by atoms with Gasteiger partial charge in [-0.3, -0.25) is 4.79 Å². The molecule has 0 aromatic heterocycles. The molecule has 2 rings (SSSR count). The molecule has 1 heterocycles. The number of benzene rings is 1. The molecular formula is C14H19NO2. The van der Waals surface area contributed by atoms with Crippen molar-refractivity contribution in [2.75, 3.05) is 13.2 Å².